The summed E-state index contributed by atoms with van der Waals surface area (Å²) in [6.45, 7) is 4.11. The van der Waals surface area contributed by atoms with Crippen molar-refractivity contribution in [1.82, 2.24) is 14.8 Å². The molecule has 194 valence electrons. The van der Waals surface area contributed by atoms with E-state index in [1.807, 2.05) is 47.9 Å². The van der Waals surface area contributed by atoms with Crippen LogP contribution in [0.1, 0.15) is 29.2 Å². The first-order chi connectivity index (χ1) is 18.3. The average molecular weight is 511 g/mol. The molecule has 3 atom stereocenters. The molecule has 2 bridgehead atoms. The number of aromatic nitrogens is 1. The molecule has 3 aromatic rings. The van der Waals surface area contributed by atoms with E-state index in [-0.39, 0.29) is 30.4 Å². The van der Waals surface area contributed by atoms with Crippen molar-refractivity contribution in [1.29, 1.82) is 0 Å². The molecule has 8 heteroatoms. The van der Waals surface area contributed by atoms with Gasteiger partial charge in [-0.05, 0) is 49.4 Å². The zero-order valence-electron chi connectivity index (χ0n) is 21.3. The van der Waals surface area contributed by atoms with Gasteiger partial charge in [-0.3, -0.25) is 19.7 Å². The molecule has 1 N–H and O–H groups in total. The summed E-state index contributed by atoms with van der Waals surface area (Å²) in [5.41, 5.74) is 1.91. The highest BCUT2D eigenvalue weighted by Gasteiger charge is 2.55. The van der Waals surface area contributed by atoms with Crippen molar-refractivity contribution in [3.63, 3.8) is 0 Å². The van der Waals surface area contributed by atoms with Crippen LogP contribution < -0.4 is 15.8 Å². The number of carbonyl (C=O) groups excluding carboxylic acids is 3. The fourth-order valence-corrected chi connectivity index (χ4v) is 6.40. The standard InChI is InChI=1S/C30H30N4O4/c1-20-10-12-21(13-11-20)15-30(27(36)31-29(38)34(28(30)37)24-6-3-2-4-7-24)19-32-16-22-14-23(18-32)25-8-5-9-26(35)33(25)17-22/h2-13,22-23H,14-19H2,1H3,(H,31,36,38)/t22-,23+,30-/m1/s1. The topological polar surface area (TPSA) is 91.7 Å². The predicted molar refractivity (Wildman–Crippen MR) is 143 cm³/mol. The molecule has 0 aliphatic carbocycles. The van der Waals surface area contributed by atoms with E-state index in [0.29, 0.717) is 25.3 Å². The molecule has 4 heterocycles. The summed E-state index contributed by atoms with van der Waals surface area (Å²) in [7, 11) is 0. The summed E-state index contributed by atoms with van der Waals surface area (Å²) in [5, 5.41) is 2.50. The number of benzene rings is 2. The second-order valence-corrected chi connectivity index (χ2v) is 10.9. The number of nitrogens with one attached hydrogen (secondary N) is 1. The number of para-hydroxylation sites is 1. The van der Waals surface area contributed by atoms with Gasteiger partial charge in [0.2, 0.25) is 5.91 Å². The van der Waals surface area contributed by atoms with Crippen LogP contribution in [-0.4, -0.2) is 46.9 Å². The molecule has 2 fully saturated rings. The number of pyridine rings is 1. The van der Waals surface area contributed by atoms with Gasteiger partial charge in [-0.25, -0.2) is 9.69 Å². The van der Waals surface area contributed by atoms with E-state index in [1.165, 1.54) is 0 Å². The van der Waals surface area contributed by atoms with E-state index < -0.39 is 23.3 Å². The van der Waals surface area contributed by atoms with E-state index in [4.69, 9.17) is 0 Å². The largest absolute Gasteiger partial charge is 0.335 e. The number of hydrogen-bond donors (Lipinski definition) is 1. The second-order valence-electron chi connectivity index (χ2n) is 10.9. The highest BCUT2D eigenvalue weighted by molar-refractivity contribution is 6.30. The molecule has 0 radical (unpaired) electrons. The third-order valence-electron chi connectivity index (χ3n) is 8.16. The molecule has 0 saturated carbocycles. The fraction of sp³-hybridized carbons (Fsp3) is 0.333. The smallest absolute Gasteiger partial charge is 0.312 e. The van der Waals surface area contributed by atoms with Crippen LogP contribution in [0.4, 0.5) is 10.5 Å². The summed E-state index contributed by atoms with van der Waals surface area (Å²) in [5.74, 6) is -0.689. The van der Waals surface area contributed by atoms with Gasteiger partial charge in [0.1, 0.15) is 5.41 Å². The van der Waals surface area contributed by atoms with Crippen molar-refractivity contribution in [2.24, 2.45) is 11.3 Å². The van der Waals surface area contributed by atoms with E-state index in [1.54, 1.807) is 36.4 Å². The molecule has 3 aliphatic rings. The van der Waals surface area contributed by atoms with Crippen LogP contribution in [-0.2, 0) is 22.6 Å². The molecule has 4 amide bonds. The van der Waals surface area contributed by atoms with Gasteiger partial charge >= 0.3 is 6.03 Å². The minimum absolute atomic E-state index is 0.0142. The summed E-state index contributed by atoms with van der Waals surface area (Å²) >= 11 is 0. The van der Waals surface area contributed by atoms with Gasteiger partial charge in [-0.2, -0.15) is 0 Å². The molecule has 8 nitrogen and oxygen atoms in total. The lowest BCUT2D eigenvalue weighted by Gasteiger charge is -2.47. The molecule has 2 aromatic carbocycles. The number of barbiturate groups is 1. The molecule has 0 spiro atoms. The van der Waals surface area contributed by atoms with Crippen LogP contribution in [0.15, 0.2) is 77.6 Å². The SMILES string of the molecule is Cc1ccc(C[C@@]2(CN3C[C@H]4C[C@@H](C3)c3cccc(=O)n3C4)C(=O)NC(=O)N(c3ccccc3)C2=O)cc1. The number of fused-ring (bicyclic) bond motifs is 4. The Bertz CT molecular complexity index is 1470. The van der Waals surface area contributed by atoms with Gasteiger partial charge in [0.15, 0.2) is 0 Å². The van der Waals surface area contributed by atoms with E-state index >= 15 is 0 Å². The maximum atomic E-state index is 14.3. The lowest BCUT2D eigenvalue weighted by atomic mass is 9.75. The Hall–Kier alpha value is -4.04. The highest BCUT2D eigenvalue weighted by atomic mass is 16.2. The first-order valence-corrected chi connectivity index (χ1v) is 13.1. The Morgan fingerprint density at radius 3 is 2.39 bits per heavy atom. The van der Waals surface area contributed by atoms with Crippen LogP contribution in [0, 0.1) is 18.3 Å². The number of hydrogen-bond acceptors (Lipinski definition) is 5. The number of likely N-dealkylation sites (tertiary alicyclic amines) is 1. The number of amides is 4. The molecule has 2 saturated heterocycles. The monoisotopic (exact) mass is 510 g/mol. The molecule has 0 unspecified atom stereocenters. The number of rotatable bonds is 5. The van der Waals surface area contributed by atoms with Crippen LogP contribution in [0.3, 0.4) is 0 Å². The number of nitrogens with zero attached hydrogens (tertiary/aromatic N) is 3. The van der Waals surface area contributed by atoms with Crippen molar-refractivity contribution in [2.45, 2.75) is 32.2 Å². The molecular weight excluding hydrogens is 480 g/mol. The third kappa shape index (κ3) is 4.15. The minimum Gasteiger partial charge on any atom is -0.312 e. The molecule has 3 aliphatic heterocycles. The lowest BCUT2D eigenvalue weighted by molar-refractivity contribution is -0.144. The summed E-state index contributed by atoms with van der Waals surface area (Å²) in [6, 6.07) is 21.2. The van der Waals surface area contributed by atoms with Gasteiger partial charge in [-0.15, -0.1) is 0 Å². The zero-order chi connectivity index (χ0) is 26.4. The Morgan fingerprint density at radius 1 is 0.868 bits per heavy atom. The predicted octanol–water partition coefficient (Wildman–Crippen LogP) is 3.09. The minimum atomic E-state index is -1.49. The summed E-state index contributed by atoms with van der Waals surface area (Å²) in [6.07, 6.45) is 1.15. The van der Waals surface area contributed by atoms with E-state index in [2.05, 4.69) is 10.2 Å². The summed E-state index contributed by atoms with van der Waals surface area (Å²) in [4.78, 5) is 56.7. The highest BCUT2D eigenvalue weighted by Crippen LogP contribution is 2.39. The quantitative estimate of drug-likeness (QED) is 0.533. The van der Waals surface area contributed by atoms with Gasteiger partial charge in [0, 0.05) is 43.9 Å². The van der Waals surface area contributed by atoms with Crippen molar-refractivity contribution in [3.05, 3.63) is 100.0 Å². The fourth-order valence-electron chi connectivity index (χ4n) is 6.40. The van der Waals surface area contributed by atoms with Crippen LogP contribution in [0.5, 0.6) is 0 Å². The Morgan fingerprint density at radius 2 is 1.63 bits per heavy atom. The summed E-state index contributed by atoms with van der Waals surface area (Å²) < 4.78 is 1.87. The Balaban J connectivity index is 1.38. The first-order valence-electron chi connectivity index (χ1n) is 13.1. The van der Waals surface area contributed by atoms with Crippen LogP contribution in [0.25, 0.3) is 0 Å². The maximum Gasteiger partial charge on any atom is 0.335 e. The Kier molecular flexibility index (Phi) is 5.99. The number of aryl methyl sites for hydroxylation is 1. The Labute approximate surface area is 220 Å². The van der Waals surface area contributed by atoms with E-state index in [9.17, 15) is 19.2 Å². The van der Waals surface area contributed by atoms with E-state index in [0.717, 1.165) is 28.1 Å². The van der Waals surface area contributed by atoms with Gasteiger partial charge in [-0.1, -0.05) is 54.1 Å². The van der Waals surface area contributed by atoms with Crippen LogP contribution in [0.2, 0.25) is 0 Å². The van der Waals surface area contributed by atoms with Crippen molar-refractivity contribution >= 4 is 23.5 Å². The number of carbonyl (C=O) groups is 3. The van der Waals surface area contributed by atoms with Crippen molar-refractivity contribution in [3.8, 4) is 0 Å². The number of urea groups is 1. The van der Waals surface area contributed by atoms with Crippen LogP contribution >= 0.6 is 0 Å². The van der Waals surface area contributed by atoms with Crippen molar-refractivity contribution < 1.29 is 14.4 Å². The molecule has 38 heavy (non-hydrogen) atoms. The van der Waals surface area contributed by atoms with Gasteiger partial charge < -0.3 is 9.47 Å². The third-order valence-corrected chi connectivity index (χ3v) is 8.16. The number of anilines is 1. The number of imide groups is 2. The van der Waals surface area contributed by atoms with Gasteiger partial charge in [0.05, 0.1) is 5.69 Å². The molecular formula is C30H30N4O4. The average Bonchev–Trinajstić information content (AvgIpc) is 2.90. The molecule has 1 aromatic heterocycles. The zero-order valence-corrected chi connectivity index (χ0v) is 21.3. The molecule has 6 rings (SSSR count). The first kappa shape index (κ1) is 24.3. The lowest BCUT2D eigenvalue weighted by Crippen LogP contribution is -2.68. The maximum absolute atomic E-state index is 14.3. The van der Waals surface area contributed by atoms with Gasteiger partial charge in [0.25, 0.3) is 11.5 Å². The normalized spacial score (nSPS) is 25.2. The second kappa shape index (κ2) is 9.36. The van der Waals surface area contributed by atoms with Crippen molar-refractivity contribution in [2.75, 3.05) is 24.5 Å². The number of piperidine rings is 1.